The Morgan fingerprint density at radius 1 is 0.926 bits per heavy atom. The first-order valence-electron chi connectivity index (χ1n) is 23.6. The van der Waals surface area contributed by atoms with Crippen LogP contribution in [-0.2, 0) is 23.7 Å². The summed E-state index contributed by atoms with van der Waals surface area (Å²) in [6.45, 7) is 18.8. The van der Waals surface area contributed by atoms with E-state index in [1.807, 2.05) is 45.9 Å². The number of carbonyl (C=O) groups excluding carboxylic acids is 5. The zero-order valence-electron chi connectivity index (χ0n) is 40.9. The van der Waals surface area contributed by atoms with Crippen molar-refractivity contribution in [1.29, 1.82) is 0 Å². The number of hydrogen-bond donors (Lipinski definition) is 4. The molecule has 8 bridgehead atoms. The van der Waals surface area contributed by atoms with Gasteiger partial charge >= 0.3 is 12.1 Å². The van der Waals surface area contributed by atoms with Crippen molar-refractivity contribution in [2.24, 2.45) is 0 Å². The summed E-state index contributed by atoms with van der Waals surface area (Å²) >= 11 is 0. The lowest BCUT2D eigenvalue weighted by atomic mass is 9.84. The van der Waals surface area contributed by atoms with E-state index in [1.54, 1.807) is 32.7 Å². The fraction of sp³-hybridized carbons (Fsp3) is 0.540. The second-order valence-electron chi connectivity index (χ2n) is 18.8. The molecule has 18 nitrogen and oxygen atoms in total. The van der Waals surface area contributed by atoms with Gasteiger partial charge in [0.05, 0.1) is 77.8 Å². The number of aliphatic hydroxyl groups is 1. The van der Waals surface area contributed by atoms with Crippen molar-refractivity contribution in [3.8, 4) is 0 Å². The minimum Gasteiger partial charge on any atom is -0.463 e. The van der Waals surface area contributed by atoms with Crippen LogP contribution in [0.4, 0.5) is 4.79 Å². The van der Waals surface area contributed by atoms with Gasteiger partial charge in [-0.25, -0.2) is 9.78 Å². The SMILES string of the molecule is CCC1=C(C)c2cc3[nH]c(cc4nc(c5c6[nH]c(cc1n2)c(C)c6C(=O)N(CCN1CCOCC1)C5=O)[C@@H](CCC(=O)OCCO)[C@@H]4C)c(C)c3C(=O)N(C)CCOCCNC(=O)OC(C)(C)C. The van der Waals surface area contributed by atoms with Crippen molar-refractivity contribution < 1.29 is 48.0 Å². The van der Waals surface area contributed by atoms with Crippen LogP contribution in [0.25, 0.3) is 33.2 Å². The molecule has 68 heavy (non-hydrogen) atoms. The molecule has 4 aliphatic rings. The van der Waals surface area contributed by atoms with Gasteiger partial charge in [-0.1, -0.05) is 13.8 Å². The highest BCUT2D eigenvalue weighted by molar-refractivity contribution is 6.23. The Kier molecular flexibility index (Phi) is 15.5. The Hall–Kier alpha value is -5.95. The van der Waals surface area contributed by atoms with Crippen LogP contribution in [0.2, 0.25) is 0 Å². The molecule has 18 heteroatoms. The highest BCUT2D eigenvalue weighted by Gasteiger charge is 2.41. The molecular weight excluding hydrogens is 873 g/mol. The number of esters is 1. The molecule has 0 unspecified atom stereocenters. The van der Waals surface area contributed by atoms with E-state index in [1.165, 1.54) is 4.90 Å². The maximum atomic E-state index is 15.1. The third-order valence-corrected chi connectivity index (χ3v) is 13.1. The molecule has 7 rings (SSSR count). The van der Waals surface area contributed by atoms with E-state index in [9.17, 15) is 24.3 Å². The molecule has 4 amide bonds. The van der Waals surface area contributed by atoms with E-state index in [-0.39, 0.29) is 76.3 Å². The van der Waals surface area contributed by atoms with Crippen molar-refractivity contribution in [1.82, 2.24) is 40.0 Å². The molecule has 0 spiro atoms. The number of rotatable bonds is 16. The lowest BCUT2D eigenvalue weighted by Gasteiger charge is -2.31. The van der Waals surface area contributed by atoms with Gasteiger partial charge in [0.15, 0.2) is 0 Å². The number of aromatic nitrogens is 4. The molecule has 2 atom stereocenters. The summed E-state index contributed by atoms with van der Waals surface area (Å²) < 4.78 is 21.9. The van der Waals surface area contributed by atoms with Crippen molar-refractivity contribution in [2.75, 3.05) is 86.0 Å². The number of amides is 4. The number of fused-ring (bicyclic) bond motifs is 8. The molecule has 366 valence electrons. The van der Waals surface area contributed by atoms with Crippen LogP contribution in [0, 0.1) is 13.8 Å². The molecule has 3 aromatic rings. The number of likely N-dealkylation sites (N-methyl/N-ethyl adjacent to an activating group) is 1. The number of alkyl carbamates (subject to hydrolysis) is 1. The fourth-order valence-corrected chi connectivity index (χ4v) is 9.31. The Morgan fingerprint density at radius 2 is 1.63 bits per heavy atom. The first-order valence-corrected chi connectivity index (χ1v) is 23.6. The van der Waals surface area contributed by atoms with Crippen molar-refractivity contribution in [3.05, 3.63) is 68.8 Å². The van der Waals surface area contributed by atoms with Crippen LogP contribution >= 0.6 is 0 Å². The molecule has 0 radical (unpaired) electrons. The molecule has 0 aliphatic carbocycles. The summed E-state index contributed by atoms with van der Waals surface area (Å²) in [5.41, 5.74) is 8.35. The molecule has 0 aromatic carbocycles. The third kappa shape index (κ3) is 10.7. The van der Waals surface area contributed by atoms with Gasteiger partial charge in [-0.2, -0.15) is 0 Å². The monoisotopic (exact) mass is 938 g/mol. The highest BCUT2D eigenvalue weighted by atomic mass is 16.6. The van der Waals surface area contributed by atoms with Crippen LogP contribution in [0.3, 0.4) is 0 Å². The van der Waals surface area contributed by atoms with Gasteiger partial charge < -0.3 is 44.2 Å². The Morgan fingerprint density at radius 3 is 2.34 bits per heavy atom. The second-order valence-corrected chi connectivity index (χ2v) is 18.8. The first kappa shape index (κ1) is 49.9. The zero-order valence-corrected chi connectivity index (χ0v) is 40.9. The van der Waals surface area contributed by atoms with Crippen molar-refractivity contribution in [2.45, 2.75) is 92.1 Å². The fourth-order valence-electron chi connectivity index (χ4n) is 9.31. The van der Waals surface area contributed by atoms with Crippen LogP contribution < -0.4 is 5.32 Å². The summed E-state index contributed by atoms with van der Waals surface area (Å²) in [6.07, 6.45) is 0.387. The van der Waals surface area contributed by atoms with Crippen LogP contribution in [0.1, 0.15) is 138 Å². The number of carbonyl (C=O) groups is 5. The van der Waals surface area contributed by atoms with Gasteiger partial charge in [0.1, 0.15) is 12.2 Å². The van der Waals surface area contributed by atoms with Gasteiger partial charge in [0, 0.05) is 81.3 Å². The Labute approximate surface area is 396 Å². The molecule has 1 fully saturated rings. The summed E-state index contributed by atoms with van der Waals surface area (Å²) in [5.74, 6) is -2.40. The number of morpholine rings is 1. The van der Waals surface area contributed by atoms with E-state index >= 15 is 4.79 Å². The van der Waals surface area contributed by atoms with E-state index in [0.29, 0.717) is 106 Å². The van der Waals surface area contributed by atoms with E-state index in [2.05, 4.69) is 27.1 Å². The number of aromatic amines is 2. The van der Waals surface area contributed by atoms with Gasteiger partial charge in [0.2, 0.25) is 0 Å². The second kappa shape index (κ2) is 21.1. The molecule has 0 saturated carbocycles. The predicted octanol–water partition coefficient (Wildman–Crippen LogP) is 6.02. The minimum atomic E-state index is -0.618. The standard InChI is InChI=1S/C50H66N8O10/c1-10-32-28(2)34-27-39-41(46(61)56(9)16-21-65-20-13-51-49(64)68-50(6,7)8)30(4)36(53-39)25-35-29(3)33(11-12-40(60)67-24-19-59)44(54-35)43-45-42(31(5)37(55-45)26-38(32)52-34)47(62)58(48(43)63)15-14-57-17-22-66-23-18-57/h25-27,29,33,53,55,59H,10-24H2,1-9H3,(H,51,64)/t29-,33-/m0/s1. The normalized spacial score (nSPS) is 17.5. The molecule has 4 N–H and O–H groups in total. The highest BCUT2D eigenvalue weighted by Crippen LogP contribution is 2.44. The maximum Gasteiger partial charge on any atom is 0.407 e. The number of ether oxygens (including phenoxy) is 4. The number of imide groups is 1. The van der Waals surface area contributed by atoms with Crippen LogP contribution in [0.15, 0.2) is 18.2 Å². The topological polar surface area (TPSA) is 222 Å². The van der Waals surface area contributed by atoms with E-state index < -0.39 is 35.4 Å². The van der Waals surface area contributed by atoms with Crippen LogP contribution in [0.5, 0.6) is 0 Å². The quantitative estimate of drug-likeness (QED) is 0.0735. The van der Waals surface area contributed by atoms with Gasteiger partial charge in [-0.05, 0) is 94.9 Å². The van der Waals surface area contributed by atoms with Crippen molar-refractivity contribution in [3.63, 3.8) is 0 Å². The van der Waals surface area contributed by atoms with E-state index in [0.717, 1.165) is 11.1 Å². The number of aliphatic hydroxyl groups excluding tert-OH is 1. The average molecular weight is 939 g/mol. The van der Waals surface area contributed by atoms with E-state index in [4.69, 9.17) is 28.9 Å². The Balaban J connectivity index is 1.36. The molecule has 3 aromatic heterocycles. The predicted molar refractivity (Wildman–Crippen MR) is 256 cm³/mol. The molecule has 7 heterocycles. The Bertz CT molecular complexity index is 2650. The number of allylic oxidation sites excluding steroid dienone is 2. The molecular formula is C50H66N8O10. The van der Waals surface area contributed by atoms with Crippen molar-refractivity contribution >= 4 is 63.0 Å². The zero-order chi connectivity index (χ0) is 49.0. The lowest BCUT2D eigenvalue weighted by Crippen LogP contribution is -2.47. The number of aryl methyl sites for hydroxylation is 2. The molecule has 1 saturated heterocycles. The lowest BCUT2D eigenvalue weighted by molar-refractivity contribution is -0.144. The number of nitrogens with zero attached hydrogens (tertiary/aromatic N) is 5. The number of hydrogen-bond acceptors (Lipinski definition) is 13. The third-order valence-electron chi connectivity index (χ3n) is 13.1. The largest absolute Gasteiger partial charge is 0.463 e. The summed E-state index contributed by atoms with van der Waals surface area (Å²) in [6, 6.07) is 5.71. The van der Waals surface area contributed by atoms with Gasteiger partial charge in [0.25, 0.3) is 17.7 Å². The summed E-state index contributed by atoms with van der Waals surface area (Å²) in [4.78, 5) is 91.7. The first-order chi connectivity index (χ1) is 32.4. The molecule has 4 aliphatic heterocycles. The minimum absolute atomic E-state index is 0.00238. The maximum absolute atomic E-state index is 15.1. The smallest absolute Gasteiger partial charge is 0.407 e. The number of nitrogens with one attached hydrogen (secondary N) is 3. The average Bonchev–Trinajstić information content (AvgIpc) is 3.98. The number of H-pyrrole nitrogens is 2. The summed E-state index contributed by atoms with van der Waals surface area (Å²) in [7, 11) is 1.71. The summed E-state index contributed by atoms with van der Waals surface area (Å²) in [5, 5.41) is 12.0. The van der Waals surface area contributed by atoms with Gasteiger partial charge in [-0.3, -0.25) is 34.0 Å². The van der Waals surface area contributed by atoms with Crippen LogP contribution in [-0.4, -0.2) is 161 Å². The van der Waals surface area contributed by atoms with Gasteiger partial charge in [-0.15, -0.1) is 0 Å².